The van der Waals surface area contributed by atoms with Crippen LogP contribution in [-0.2, 0) is 13.0 Å². The molecule has 2 aliphatic heterocycles. The number of benzene rings is 1. The van der Waals surface area contributed by atoms with Gasteiger partial charge in [0.1, 0.15) is 17.4 Å². The number of anilines is 1. The van der Waals surface area contributed by atoms with Gasteiger partial charge in [0.25, 0.3) is 0 Å². The molecule has 4 rings (SSSR count). The molecular formula is C19H26N6O2. The van der Waals surface area contributed by atoms with Crippen molar-refractivity contribution in [2.24, 2.45) is 0 Å². The Labute approximate surface area is 159 Å². The molecule has 27 heavy (non-hydrogen) atoms. The number of aromatic nitrogens is 3. The van der Waals surface area contributed by atoms with E-state index >= 15 is 0 Å². The highest BCUT2D eigenvalue weighted by Gasteiger charge is 2.32. The summed E-state index contributed by atoms with van der Waals surface area (Å²) in [5.74, 6) is 2.98. The fourth-order valence-corrected chi connectivity index (χ4v) is 3.85. The van der Waals surface area contributed by atoms with Crippen molar-refractivity contribution >= 4 is 11.7 Å². The number of hydrogen-bond donors (Lipinski definition) is 1. The third kappa shape index (κ3) is 3.62. The van der Waals surface area contributed by atoms with Gasteiger partial charge in [-0.3, -0.25) is 0 Å². The van der Waals surface area contributed by atoms with Crippen molar-refractivity contribution in [3.63, 3.8) is 0 Å². The van der Waals surface area contributed by atoms with Gasteiger partial charge >= 0.3 is 6.03 Å². The van der Waals surface area contributed by atoms with Crippen LogP contribution >= 0.6 is 0 Å². The summed E-state index contributed by atoms with van der Waals surface area (Å²) in [6, 6.07) is 7.35. The maximum Gasteiger partial charge on any atom is 0.321 e. The van der Waals surface area contributed by atoms with Crippen LogP contribution in [0.25, 0.3) is 0 Å². The third-order valence-electron chi connectivity index (χ3n) is 5.47. The number of rotatable bonds is 3. The van der Waals surface area contributed by atoms with E-state index in [1.165, 1.54) is 0 Å². The van der Waals surface area contributed by atoms with E-state index in [1.807, 2.05) is 29.2 Å². The SMILES string of the molecule is COc1ccccc1NC(=O)N1CCC(c2nnc3n2CCN(C)CC3)C1. The average molecular weight is 370 g/mol. The molecule has 1 N–H and O–H groups in total. The molecule has 2 aliphatic rings. The molecule has 1 unspecified atom stereocenters. The molecule has 2 aromatic rings. The molecule has 144 valence electrons. The fourth-order valence-electron chi connectivity index (χ4n) is 3.85. The minimum absolute atomic E-state index is 0.0997. The predicted octanol–water partition coefficient (Wildman–Crippen LogP) is 1.80. The molecule has 1 atom stereocenters. The molecule has 0 radical (unpaired) electrons. The average Bonchev–Trinajstić information content (AvgIpc) is 3.28. The molecular weight excluding hydrogens is 344 g/mol. The molecule has 1 aromatic carbocycles. The monoisotopic (exact) mass is 370 g/mol. The second kappa shape index (κ2) is 7.56. The number of para-hydroxylation sites is 2. The summed E-state index contributed by atoms with van der Waals surface area (Å²) in [5, 5.41) is 11.8. The molecule has 3 heterocycles. The topological polar surface area (TPSA) is 75.5 Å². The lowest BCUT2D eigenvalue weighted by molar-refractivity contribution is 0.221. The number of carbonyl (C=O) groups is 1. The van der Waals surface area contributed by atoms with Crippen molar-refractivity contribution < 1.29 is 9.53 Å². The molecule has 8 nitrogen and oxygen atoms in total. The first-order valence-corrected chi connectivity index (χ1v) is 9.45. The van der Waals surface area contributed by atoms with E-state index in [0.717, 1.165) is 44.1 Å². The standard InChI is InChI=1S/C19H26N6O2/c1-23-9-8-17-21-22-18(25(17)12-11-23)14-7-10-24(13-14)19(26)20-15-5-3-4-6-16(15)27-2/h3-6,14H,7-13H2,1-2H3,(H,20,26). The summed E-state index contributed by atoms with van der Waals surface area (Å²) in [7, 11) is 3.74. The maximum absolute atomic E-state index is 12.7. The van der Waals surface area contributed by atoms with E-state index in [0.29, 0.717) is 24.5 Å². The van der Waals surface area contributed by atoms with Gasteiger partial charge < -0.3 is 24.4 Å². The number of likely N-dealkylation sites (N-methyl/N-ethyl adjacent to an activating group) is 1. The lowest BCUT2D eigenvalue weighted by atomic mass is 10.1. The Hall–Kier alpha value is -2.61. The van der Waals surface area contributed by atoms with E-state index in [9.17, 15) is 4.79 Å². The Morgan fingerprint density at radius 1 is 1.19 bits per heavy atom. The number of methoxy groups -OCH3 is 1. The number of carbonyl (C=O) groups excluding carboxylic acids is 1. The smallest absolute Gasteiger partial charge is 0.321 e. The van der Waals surface area contributed by atoms with Crippen LogP contribution in [0, 0.1) is 0 Å². The number of nitrogens with zero attached hydrogens (tertiary/aromatic N) is 5. The molecule has 0 bridgehead atoms. The molecule has 2 amide bonds. The third-order valence-corrected chi connectivity index (χ3v) is 5.47. The van der Waals surface area contributed by atoms with E-state index in [-0.39, 0.29) is 11.9 Å². The van der Waals surface area contributed by atoms with Gasteiger partial charge in [0.15, 0.2) is 0 Å². The van der Waals surface area contributed by atoms with Gasteiger partial charge in [0, 0.05) is 45.1 Å². The zero-order valence-corrected chi connectivity index (χ0v) is 15.9. The number of nitrogens with one attached hydrogen (secondary N) is 1. The zero-order valence-electron chi connectivity index (χ0n) is 15.9. The van der Waals surface area contributed by atoms with Crippen molar-refractivity contribution in [2.45, 2.75) is 25.3 Å². The highest BCUT2D eigenvalue weighted by molar-refractivity contribution is 5.91. The molecule has 1 saturated heterocycles. The van der Waals surface area contributed by atoms with Gasteiger partial charge in [-0.05, 0) is 25.6 Å². The zero-order chi connectivity index (χ0) is 18.8. The lowest BCUT2D eigenvalue weighted by Crippen LogP contribution is -2.33. The normalized spacial score (nSPS) is 20.2. The maximum atomic E-state index is 12.7. The van der Waals surface area contributed by atoms with Crippen LogP contribution in [0.4, 0.5) is 10.5 Å². The first kappa shape index (κ1) is 17.8. The van der Waals surface area contributed by atoms with Crippen LogP contribution in [0.15, 0.2) is 24.3 Å². The Bertz CT molecular complexity index is 820. The van der Waals surface area contributed by atoms with Gasteiger partial charge in [-0.15, -0.1) is 10.2 Å². The van der Waals surface area contributed by atoms with Crippen molar-refractivity contribution in [3.8, 4) is 5.75 Å². The minimum atomic E-state index is -0.0997. The summed E-state index contributed by atoms with van der Waals surface area (Å²) < 4.78 is 7.57. The quantitative estimate of drug-likeness (QED) is 0.892. The fraction of sp³-hybridized carbons (Fsp3) is 0.526. The number of likely N-dealkylation sites (tertiary alicyclic amines) is 1. The summed E-state index contributed by atoms with van der Waals surface area (Å²) in [6.07, 6.45) is 1.83. The Balaban J connectivity index is 1.43. The lowest BCUT2D eigenvalue weighted by Gasteiger charge is -2.19. The van der Waals surface area contributed by atoms with E-state index < -0.39 is 0 Å². The van der Waals surface area contributed by atoms with Crippen molar-refractivity contribution in [1.82, 2.24) is 24.6 Å². The predicted molar refractivity (Wildman–Crippen MR) is 102 cm³/mol. The van der Waals surface area contributed by atoms with Crippen LogP contribution in [0.5, 0.6) is 5.75 Å². The summed E-state index contributed by atoms with van der Waals surface area (Å²) >= 11 is 0. The molecule has 8 heteroatoms. The van der Waals surface area contributed by atoms with Crippen LogP contribution in [0.3, 0.4) is 0 Å². The van der Waals surface area contributed by atoms with Crippen molar-refractivity contribution in [1.29, 1.82) is 0 Å². The van der Waals surface area contributed by atoms with Crippen LogP contribution in [0.2, 0.25) is 0 Å². The van der Waals surface area contributed by atoms with E-state index in [2.05, 4.69) is 32.0 Å². The van der Waals surface area contributed by atoms with E-state index in [1.54, 1.807) is 7.11 Å². The number of hydrogen-bond acceptors (Lipinski definition) is 5. The largest absolute Gasteiger partial charge is 0.495 e. The van der Waals surface area contributed by atoms with Crippen LogP contribution in [-0.4, -0.2) is 70.9 Å². The Kier molecular flexibility index (Phi) is 4.98. The van der Waals surface area contributed by atoms with Crippen LogP contribution < -0.4 is 10.1 Å². The number of ether oxygens (including phenoxy) is 1. The Morgan fingerprint density at radius 3 is 2.89 bits per heavy atom. The minimum Gasteiger partial charge on any atom is -0.495 e. The van der Waals surface area contributed by atoms with Gasteiger partial charge in [0.05, 0.1) is 12.8 Å². The summed E-state index contributed by atoms with van der Waals surface area (Å²) in [6.45, 7) is 4.31. The second-order valence-corrected chi connectivity index (χ2v) is 7.24. The number of urea groups is 1. The van der Waals surface area contributed by atoms with Gasteiger partial charge in [-0.1, -0.05) is 12.1 Å². The molecule has 0 aliphatic carbocycles. The highest BCUT2D eigenvalue weighted by Crippen LogP contribution is 2.29. The molecule has 1 aromatic heterocycles. The van der Waals surface area contributed by atoms with Gasteiger partial charge in [-0.2, -0.15) is 0 Å². The summed E-state index contributed by atoms with van der Waals surface area (Å²) in [4.78, 5) is 16.9. The molecule has 0 saturated carbocycles. The number of amides is 2. The van der Waals surface area contributed by atoms with Crippen molar-refractivity contribution in [2.75, 3.05) is 45.7 Å². The first-order valence-electron chi connectivity index (χ1n) is 9.45. The second-order valence-electron chi connectivity index (χ2n) is 7.24. The van der Waals surface area contributed by atoms with Gasteiger partial charge in [-0.25, -0.2) is 4.79 Å². The Morgan fingerprint density at radius 2 is 2.04 bits per heavy atom. The molecule has 0 spiro atoms. The van der Waals surface area contributed by atoms with Crippen molar-refractivity contribution in [3.05, 3.63) is 35.9 Å². The van der Waals surface area contributed by atoms with Crippen LogP contribution in [0.1, 0.15) is 24.0 Å². The highest BCUT2D eigenvalue weighted by atomic mass is 16.5. The van der Waals surface area contributed by atoms with E-state index in [4.69, 9.17) is 4.74 Å². The van der Waals surface area contributed by atoms with Gasteiger partial charge in [0.2, 0.25) is 0 Å². The first-order chi connectivity index (χ1) is 13.2. The summed E-state index contributed by atoms with van der Waals surface area (Å²) in [5.41, 5.74) is 0.688. The number of fused-ring (bicyclic) bond motifs is 1. The molecule has 1 fully saturated rings.